The largest absolute Gasteiger partial charge is 0.324 e. The third kappa shape index (κ3) is 1.34. The maximum Gasteiger partial charge on any atom is 0.0492 e. The highest BCUT2D eigenvalue weighted by Crippen LogP contribution is 2.63. The van der Waals surface area contributed by atoms with Crippen LogP contribution < -0.4 is 5.73 Å². The molecule has 2 fully saturated rings. The SMILES string of the molecule is CC(C)Cn1nccc1C1(C2(N)CC2)CC1. The van der Waals surface area contributed by atoms with Crippen LogP contribution in [0.5, 0.6) is 0 Å². The molecule has 1 aromatic heterocycles. The van der Waals surface area contributed by atoms with Gasteiger partial charge in [0.25, 0.3) is 0 Å². The van der Waals surface area contributed by atoms with E-state index in [-0.39, 0.29) is 11.0 Å². The molecule has 0 saturated heterocycles. The summed E-state index contributed by atoms with van der Waals surface area (Å²) in [7, 11) is 0. The van der Waals surface area contributed by atoms with Crippen molar-refractivity contribution in [3.63, 3.8) is 0 Å². The van der Waals surface area contributed by atoms with Crippen LogP contribution in [0.1, 0.15) is 45.2 Å². The summed E-state index contributed by atoms with van der Waals surface area (Å²) in [4.78, 5) is 0. The van der Waals surface area contributed by atoms with E-state index in [9.17, 15) is 0 Å². The van der Waals surface area contributed by atoms with Gasteiger partial charge in [0.05, 0.1) is 0 Å². The van der Waals surface area contributed by atoms with Gasteiger partial charge in [-0.3, -0.25) is 4.68 Å². The zero-order valence-corrected chi connectivity index (χ0v) is 10.2. The Morgan fingerprint density at radius 2 is 2.06 bits per heavy atom. The molecule has 2 aliphatic carbocycles. The zero-order chi connectivity index (χ0) is 11.4. The first kappa shape index (κ1) is 10.3. The summed E-state index contributed by atoms with van der Waals surface area (Å²) < 4.78 is 2.19. The Morgan fingerprint density at radius 1 is 1.38 bits per heavy atom. The van der Waals surface area contributed by atoms with Crippen molar-refractivity contribution >= 4 is 0 Å². The lowest BCUT2D eigenvalue weighted by Gasteiger charge is -2.24. The predicted molar refractivity (Wildman–Crippen MR) is 64.1 cm³/mol. The molecule has 1 heterocycles. The third-order valence-corrected chi connectivity index (χ3v) is 4.24. The van der Waals surface area contributed by atoms with Gasteiger partial charge in [-0.15, -0.1) is 0 Å². The van der Waals surface area contributed by atoms with Gasteiger partial charge in [-0.2, -0.15) is 5.10 Å². The fraction of sp³-hybridized carbons (Fsp3) is 0.769. The molecule has 0 radical (unpaired) electrons. The van der Waals surface area contributed by atoms with Gasteiger partial charge in [0.1, 0.15) is 0 Å². The first-order chi connectivity index (χ1) is 7.57. The van der Waals surface area contributed by atoms with Gasteiger partial charge in [-0.1, -0.05) is 13.8 Å². The maximum absolute atomic E-state index is 6.44. The van der Waals surface area contributed by atoms with E-state index in [1.54, 1.807) is 0 Å². The van der Waals surface area contributed by atoms with E-state index < -0.39 is 0 Å². The monoisotopic (exact) mass is 219 g/mol. The van der Waals surface area contributed by atoms with Crippen LogP contribution in [0.3, 0.4) is 0 Å². The van der Waals surface area contributed by atoms with Crippen molar-refractivity contribution in [1.29, 1.82) is 0 Å². The Hall–Kier alpha value is -0.830. The highest BCUT2D eigenvalue weighted by molar-refractivity contribution is 5.36. The number of aromatic nitrogens is 2. The average molecular weight is 219 g/mol. The van der Waals surface area contributed by atoms with Gasteiger partial charge in [-0.25, -0.2) is 0 Å². The fourth-order valence-corrected chi connectivity index (χ4v) is 2.98. The van der Waals surface area contributed by atoms with Crippen molar-refractivity contribution in [1.82, 2.24) is 9.78 Å². The molecule has 16 heavy (non-hydrogen) atoms. The lowest BCUT2D eigenvalue weighted by molar-refractivity contribution is 0.413. The van der Waals surface area contributed by atoms with Gasteiger partial charge in [-0.05, 0) is 37.7 Å². The second kappa shape index (κ2) is 3.10. The van der Waals surface area contributed by atoms with Crippen LogP contribution in [0.4, 0.5) is 0 Å². The minimum Gasteiger partial charge on any atom is -0.324 e. The number of hydrogen-bond acceptors (Lipinski definition) is 2. The van der Waals surface area contributed by atoms with Crippen LogP contribution in [0.15, 0.2) is 12.3 Å². The Morgan fingerprint density at radius 3 is 2.56 bits per heavy atom. The predicted octanol–water partition coefficient (Wildman–Crippen LogP) is 2.06. The molecular formula is C13H21N3. The third-order valence-electron chi connectivity index (χ3n) is 4.24. The molecule has 0 amide bonds. The Kier molecular flexibility index (Phi) is 2.00. The molecule has 0 unspecified atom stereocenters. The van der Waals surface area contributed by atoms with Crippen LogP contribution in [-0.4, -0.2) is 15.3 Å². The van der Waals surface area contributed by atoms with Gasteiger partial charge in [0, 0.05) is 29.4 Å². The maximum atomic E-state index is 6.44. The summed E-state index contributed by atoms with van der Waals surface area (Å²) in [6.07, 6.45) is 6.84. The highest BCUT2D eigenvalue weighted by Gasteiger charge is 2.65. The van der Waals surface area contributed by atoms with Crippen molar-refractivity contribution in [2.75, 3.05) is 0 Å². The van der Waals surface area contributed by atoms with Crippen molar-refractivity contribution in [3.05, 3.63) is 18.0 Å². The number of rotatable bonds is 4. The summed E-state index contributed by atoms with van der Waals surface area (Å²) in [5, 5.41) is 4.47. The number of hydrogen-bond donors (Lipinski definition) is 1. The second-order valence-electron chi connectivity index (χ2n) is 6.03. The molecule has 3 nitrogen and oxygen atoms in total. The van der Waals surface area contributed by atoms with Gasteiger partial charge < -0.3 is 5.73 Å². The van der Waals surface area contributed by atoms with Crippen LogP contribution in [0.25, 0.3) is 0 Å². The minimum absolute atomic E-state index is 0.0990. The molecule has 3 heteroatoms. The number of nitrogens with two attached hydrogens (primary N) is 1. The molecule has 3 rings (SSSR count). The first-order valence-corrected chi connectivity index (χ1v) is 6.39. The quantitative estimate of drug-likeness (QED) is 0.842. The van der Waals surface area contributed by atoms with E-state index in [4.69, 9.17) is 5.73 Å². The molecule has 2 aliphatic rings. The molecule has 0 aromatic carbocycles. The normalized spacial score (nSPS) is 24.8. The Bertz CT molecular complexity index is 397. The smallest absolute Gasteiger partial charge is 0.0492 e. The molecule has 2 N–H and O–H groups in total. The lowest BCUT2D eigenvalue weighted by atomic mass is 9.90. The van der Waals surface area contributed by atoms with Crippen molar-refractivity contribution < 1.29 is 0 Å². The molecular weight excluding hydrogens is 198 g/mol. The van der Waals surface area contributed by atoms with Gasteiger partial charge in [0.2, 0.25) is 0 Å². The summed E-state index contributed by atoms with van der Waals surface area (Å²) in [5.74, 6) is 0.641. The van der Waals surface area contributed by atoms with E-state index >= 15 is 0 Å². The minimum atomic E-state index is 0.0990. The van der Waals surface area contributed by atoms with E-state index in [0.717, 1.165) is 6.54 Å². The first-order valence-electron chi connectivity index (χ1n) is 6.39. The van der Waals surface area contributed by atoms with Gasteiger partial charge >= 0.3 is 0 Å². The summed E-state index contributed by atoms with van der Waals surface area (Å²) >= 11 is 0. The summed E-state index contributed by atoms with van der Waals surface area (Å²) in [5.41, 5.74) is 8.20. The Labute approximate surface area is 97.0 Å². The lowest BCUT2D eigenvalue weighted by Crippen LogP contribution is -2.39. The summed E-state index contributed by atoms with van der Waals surface area (Å²) in [6.45, 7) is 5.49. The molecule has 0 aliphatic heterocycles. The Balaban J connectivity index is 1.92. The average Bonchev–Trinajstić information content (AvgIpc) is 3.10. The van der Waals surface area contributed by atoms with E-state index in [1.165, 1.54) is 31.4 Å². The van der Waals surface area contributed by atoms with Crippen LogP contribution in [0.2, 0.25) is 0 Å². The van der Waals surface area contributed by atoms with Crippen LogP contribution in [0, 0.1) is 5.92 Å². The van der Waals surface area contributed by atoms with Crippen molar-refractivity contribution in [2.45, 2.75) is 57.0 Å². The van der Waals surface area contributed by atoms with Crippen molar-refractivity contribution in [3.8, 4) is 0 Å². The zero-order valence-electron chi connectivity index (χ0n) is 10.2. The standard InChI is InChI=1S/C13H21N3/c1-10(2)9-16-11(3-8-15-16)12(4-5-12)13(14)6-7-13/h3,8,10H,4-7,9,14H2,1-2H3. The highest BCUT2D eigenvalue weighted by atomic mass is 15.3. The molecule has 0 spiro atoms. The van der Waals surface area contributed by atoms with Crippen LogP contribution >= 0.6 is 0 Å². The molecule has 2 saturated carbocycles. The topological polar surface area (TPSA) is 43.8 Å². The fourth-order valence-electron chi connectivity index (χ4n) is 2.98. The molecule has 0 atom stereocenters. The second-order valence-corrected chi connectivity index (χ2v) is 6.03. The molecule has 1 aromatic rings. The van der Waals surface area contributed by atoms with E-state index in [0.29, 0.717) is 5.92 Å². The van der Waals surface area contributed by atoms with Crippen LogP contribution in [-0.2, 0) is 12.0 Å². The van der Waals surface area contributed by atoms with E-state index in [1.807, 2.05) is 6.20 Å². The van der Waals surface area contributed by atoms with Gasteiger partial charge in [0.15, 0.2) is 0 Å². The van der Waals surface area contributed by atoms with Crippen molar-refractivity contribution in [2.24, 2.45) is 11.7 Å². The van der Waals surface area contributed by atoms with E-state index in [2.05, 4.69) is 29.7 Å². The molecule has 88 valence electrons. The molecule has 0 bridgehead atoms. The number of nitrogens with zero attached hydrogens (tertiary/aromatic N) is 2. The summed E-state index contributed by atoms with van der Waals surface area (Å²) in [6, 6.07) is 2.18.